The monoisotopic (exact) mass is 448 g/mol. The number of rotatable bonds is 8. The van der Waals surface area contributed by atoms with E-state index in [0.717, 1.165) is 21.3 Å². The van der Waals surface area contributed by atoms with Crippen LogP contribution in [0.5, 0.6) is 0 Å². The van der Waals surface area contributed by atoms with Gasteiger partial charge in [0.1, 0.15) is 6.04 Å². The lowest BCUT2D eigenvalue weighted by Gasteiger charge is -2.19. The fraction of sp³-hybridized carbons (Fsp3) is 0.280. The molecule has 0 aliphatic rings. The molecule has 8 heteroatoms. The summed E-state index contributed by atoms with van der Waals surface area (Å²) < 4.78 is 2.30. The summed E-state index contributed by atoms with van der Waals surface area (Å²) in [6.07, 6.45) is 0.463. The summed E-state index contributed by atoms with van der Waals surface area (Å²) in [6, 6.07) is 17.5. The van der Waals surface area contributed by atoms with Gasteiger partial charge < -0.3 is 10.6 Å². The van der Waals surface area contributed by atoms with Crippen molar-refractivity contribution in [2.45, 2.75) is 32.4 Å². The van der Waals surface area contributed by atoms with Crippen LogP contribution in [0, 0.1) is 6.92 Å². The third kappa shape index (κ3) is 6.29. The van der Waals surface area contributed by atoms with Crippen LogP contribution in [0.3, 0.4) is 0 Å². The van der Waals surface area contributed by atoms with Crippen LogP contribution in [0.25, 0.3) is 0 Å². The van der Waals surface area contributed by atoms with Crippen molar-refractivity contribution < 1.29 is 9.59 Å². The van der Waals surface area contributed by atoms with Crippen molar-refractivity contribution in [2.24, 2.45) is 14.1 Å². The number of aryl methyl sites for hydroxylation is 1. The number of benzene rings is 2. The molecule has 1 heterocycles. The molecule has 33 heavy (non-hydrogen) atoms. The Balaban J connectivity index is 1.74. The zero-order valence-electron chi connectivity index (χ0n) is 19.0. The number of carbonyl (C=O) groups excluding carboxylic acids is 2. The normalized spacial score (nSPS) is 11.6. The second kappa shape index (κ2) is 10.6. The van der Waals surface area contributed by atoms with Crippen molar-refractivity contribution in [3.63, 3.8) is 0 Å². The van der Waals surface area contributed by atoms with E-state index < -0.39 is 23.2 Å². The number of amides is 2. The highest BCUT2D eigenvalue weighted by molar-refractivity contribution is 5.88. The van der Waals surface area contributed by atoms with Gasteiger partial charge in [0.2, 0.25) is 11.8 Å². The lowest BCUT2D eigenvalue weighted by molar-refractivity contribution is -0.128. The lowest BCUT2D eigenvalue weighted by atomic mass is 10.0. The van der Waals surface area contributed by atoms with Crippen LogP contribution in [-0.4, -0.2) is 27.0 Å². The fourth-order valence-corrected chi connectivity index (χ4v) is 3.56. The molecular formula is C25H28N4O4. The summed E-state index contributed by atoms with van der Waals surface area (Å²) in [5, 5.41) is 5.58. The van der Waals surface area contributed by atoms with E-state index in [2.05, 4.69) is 10.6 Å². The fourth-order valence-electron chi connectivity index (χ4n) is 3.56. The third-order valence-corrected chi connectivity index (χ3v) is 5.45. The Bertz CT molecular complexity index is 1260. The molecule has 0 aliphatic carbocycles. The van der Waals surface area contributed by atoms with Gasteiger partial charge >= 0.3 is 5.69 Å². The highest BCUT2D eigenvalue weighted by Crippen LogP contribution is 2.07. The van der Waals surface area contributed by atoms with Gasteiger partial charge in [0.15, 0.2) is 0 Å². The minimum atomic E-state index is -0.812. The quantitative estimate of drug-likeness (QED) is 0.536. The summed E-state index contributed by atoms with van der Waals surface area (Å²) in [5.41, 5.74) is 2.27. The predicted octanol–water partition coefficient (Wildman–Crippen LogP) is 0.979. The van der Waals surface area contributed by atoms with Crippen molar-refractivity contribution in [2.75, 3.05) is 0 Å². The SMILES string of the molecule is Cc1cccc(CC(=O)N[C@@H](Cc2ccccc2)C(=O)NCc2cc(=O)n(C)c(=O)n2C)c1. The van der Waals surface area contributed by atoms with Crippen LogP contribution in [0.1, 0.15) is 22.4 Å². The molecule has 2 N–H and O–H groups in total. The molecule has 0 unspecified atom stereocenters. The van der Waals surface area contributed by atoms with Crippen LogP contribution < -0.4 is 21.9 Å². The molecule has 0 spiro atoms. The Kier molecular flexibility index (Phi) is 7.61. The van der Waals surface area contributed by atoms with E-state index in [0.29, 0.717) is 12.1 Å². The first-order chi connectivity index (χ1) is 15.7. The van der Waals surface area contributed by atoms with E-state index in [1.165, 1.54) is 24.7 Å². The van der Waals surface area contributed by atoms with Crippen LogP contribution in [0.4, 0.5) is 0 Å². The van der Waals surface area contributed by atoms with Gasteiger partial charge in [-0.3, -0.25) is 23.5 Å². The van der Waals surface area contributed by atoms with E-state index in [1.54, 1.807) is 0 Å². The number of nitrogens with zero attached hydrogens (tertiary/aromatic N) is 2. The van der Waals surface area contributed by atoms with Gasteiger partial charge in [0.25, 0.3) is 5.56 Å². The number of nitrogens with one attached hydrogen (secondary N) is 2. The Labute approximate surface area is 191 Å². The van der Waals surface area contributed by atoms with Gasteiger partial charge in [0.05, 0.1) is 13.0 Å². The number of hydrogen-bond donors (Lipinski definition) is 2. The Hall–Kier alpha value is -3.94. The van der Waals surface area contributed by atoms with Crippen molar-refractivity contribution in [3.8, 4) is 0 Å². The van der Waals surface area contributed by atoms with Gasteiger partial charge in [-0.2, -0.15) is 0 Å². The average Bonchev–Trinajstić information content (AvgIpc) is 2.79. The van der Waals surface area contributed by atoms with Gasteiger partial charge in [-0.05, 0) is 18.1 Å². The van der Waals surface area contributed by atoms with E-state index in [4.69, 9.17) is 0 Å². The van der Waals surface area contributed by atoms with Crippen molar-refractivity contribution in [1.82, 2.24) is 19.8 Å². The second-order valence-electron chi connectivity index (χ2n) is 8.07. The summed E-state index contributed by atoms with van der Waals surface area (Å²) in [7, 11) is 2.93. The Morgan fingerprint density at radius 1 is 0.909 bits per heavy atom. The average molecular weight is 449 g/mol. The van der Waals surface area contributed by atoms with Crippen molar-refractivity contribution >= 4 is 11.8 Å². The first kappa shape index (κ1) is 23.7. The maximum absolute atomic E-state index is 13.0. The van der Waals surface area contributed by atoms with E-state index in [1.807, 2.05) is 61.5 Å². The van der Waals surface area contributed by atoms with Crippen LogP contribution >= 0.6 is 0 Å². The molecule has 3 rings (SSSR count). The topological polar surface area (TPSA) is 102 Å². The molecular weight excluding hydrogens is 420 g/mol. The molecule has 2 aromatic carbocycles. The number of aromatic nitrogens is 2. The molecule has 172 valence electrons. The molecule has 0 aliphatic heterocycles. The van der Waals surface area contributed by atoms with Gasteiger partial charge in [-0.25, -0.2) is 4.79 Å². The summed E-state index contributed by atoms with van der Waals surface area (Å²) in [5.74, 6) is -0.665. The maximum atomic E-state index is 13.0. The first-order valence-corrected chi connectivity index (χ1v) is 10.7. The molecule has 0 saturated heterocycles. The van der Waals surface area contributed by atoms with E-state index in [-0.39, 0.29) is 18.9 Å². The van der Waals surface area contributed by atoms with Crippen molar-refractivity contribution in [1.29, 1.82) is 0 Å². The minimum absolute atomic E-state index is 0.0142. The number of carbonyl (C=O) groups is 2. The second-order valence-corrected chi connectivity index (χ2v) is 8.07. The molecule has 3 aromatic rings. The molecule has 0 radical (unpaired) electrons. The molecule has 1 aromatic heterocycles. The van der Waals surface area contributed by atoms with Gasteiger partial charge in [-0.1, -0.05) is 60.2 Å². The van der Waals surface area contributed by atoms with Gasteiger partial charge in [0, 0.05) is 32.3 Å². The van der Waals surface area contributed by atoms with Crippen LogP contribution in [0.2, 0.25) is 0 Å². The smallest absolute Gasteiger partial charge is 0.330 e. The lowest BCUT2D eigenvalue weighted by Crippen LogP contribution is -2.49. The molecule has 8 nitrogen and oxygen atoms in total. The minimum Gasteiger partial charge on any atom is -0.349 e. The van der Waals surface area contributed by atoms with Crippen LogP contribution in [0.15, 0.2) is 70.3 Å². The summed E-state index contributed by atoms with van der Waals surface area (Å²) >= 11 is 0. The Morgan fingerprint density at radius 3 is 2.30 bits per heavy atom. The van der Waals surface area contributed by atoms with E-state index in [9.17, 15) is 19.2 Å². The zero-order valence-corrected chi connectivity index (χ0v) is 19.0. The third-order valence-electron chi connectivity index (χ3n) is 5.45. The van der Waals surface area contributed by atoms with Gasteiger partial charge in [-0.15, -0.1) is 0 Å². The highest BCUT2D eigenvalue weighted by Gasteiger charge is 2.22. The maximum Gasteiger partial charge on any atom is 0.330 e. The van der Waals surface area contributed by atoms with Crippen molar-refractivity contribution in [3.05, 3.63) is 104 Å². The first-order valence-electron chi connectivity index (χ1n) is 10.7. The highest BCUT2D eigenvalue weighted by atomic mass is 16.2. The molecule has 2 amide bonds. The molecule has 0 saturated carbocycles. The zero-order chi connectivity index (χ0) is 24.0. The standard InChI is InChI=1S/C25H28N4O4/c1-17-8-7-11-19(12-17)14-22(30)27-21(13-18-9-5-4-6-10-18)24(32)26-16-20-15-23(31)29(3)25(33)28(20)2/h4-12,15,21H,13-14,16H2,1-3H3,(H,26,32)(H,27,30)/t21-/m0/s1. The molecule has 0 fully saturated rings. The Morgan fingerprint density at radius 2 is 1.61 bits per heavy atom. The predicted molar refractivity (Wildman–Crippen MR) is 126 cm³/mol. The summed E-state index contributed by atoms with van der Waals surface area (Å²) in [6.45, 7) is 1.94. The largest absolute Gasteiger partial charge is 0.349 e. The molecule has 1 atom stereocenters. The molecule has 0 bridgehead atoms. The van der Waals surface area contributed by atoms with E-state index >= 15 is 0 Å². The summed E-state index contributed by atoms with van der Waals surface area (Å²) in [4.78, 5) is 49.8. The van der Waals surface area contributed by atoms with Crippen LogP contribution in [-0.2, 0) is 43.1 Å². The number of hydrogen-bond acceptors (Lipinski definition) is 4.